The molecule has 1 atom stereocenters. The van der Waals surface area contributed by atoms with Gasteiger partial charge in [0.25, 0.3) is 11.8 Å². The highest BCUT2D eigenvalue weighted by Crippen LogP contribution is 2.29. The first-order chi connectivity index (χ1) is 20.3. The van der Waals surface area contributed by atoms with Crippen LogP contribution in [-0.2, 0) is 9.59 Å². The van der Waals surface area contributed by atoms with Crippen LogP contribution in [-0.4, -0.2) is 30.1 Å². The molecule has 0 aliphatic carbocycles. The highest BCUT2D eigenvalue weighted by molar-refractivity contribution is 8.00. The molecule has 4 aromatic carbocycles. The number of halogens is 1. The summed E-state index contributed by atoms with van der Waals surface area (Å²) in [5.41, 5.74) is 2.29. The fourth-order valence-corrected chi connectivity index (χ4v) is 5.17. The number of thioether (sulfide) groups is 1. The first-order valence-corrected chi connectivity index (χ1v) is 14.5. The number of methoxy groups -OCH3 is 1. The minimum atomic E-state index is -0.505. The van der Waals surface area contributed by atoms with E-state index >= 15 is 0 Å². The Kier molecular flexibility index (Phi) is 10.8. The third-order valence-electron chi connectivity index (χ3n) is 6.06. The number of anilines is 2. The molecule has 1 unspecified atom stereocenters. The van der Waals surface area contributed by atoms with Crippen molar-refractivity contribution in [2.45, 2.75) is 23.5 Å². The predicted molar refractivity (Wildman–Crippen MR) is 170 cm³/mol. The molecule has 4 aromatic rings. The number of hydrogen-bond donors (Lipinski definition) is 3. The summed E-state index contributed by atoms with van der Waals surface area (Å²) in [6, 6.07) is 30.0. The van der Waals surface area contributed by atoms with Crippen LogP contribution in [0.1, 0.15) is 29.3 Å². The summed E-state index contributed by atoms with van der Waals surface area (Å²) in [6.07, 6.45) is 2.18. The zero-order chi connectivity index (χ0) is 29.9. The second kappa shape index (κ2) is 14.9. The third-order valence-corrected chi connectivity index (χ3v) is 7.65. The molecule has 0 heterocycles. The van der Waals surface area contributed by atoms with Crippen LogP contribution in [0.4, 0.5) is 11.4 Å². The number of benzene rings is 4. The van der Waals surface area contributed by atoms with Crippen LogP contribution in [0.5, 0.6) is 5.75 Å². The maximum Gasteiger partial charge on any atom is 0.272 e. The highest BCUT2D eigenvalue weighted by atomic mass is 35.5. The van der Waals surface area contributed by atoms with E-state index in [9.17, 15) is 14.4 Å². The molecule has 3 N–H and O–H groups in total. The average molecular weight is 600 g/mol. The lowest BCUT2D eigenvalue weighted by Gasteiger charge is -2.16. The molecule has 0 bridgehead atoms. The number of nitrogens with one attached hydrogen (secondary N) is 3. The van der Waals surface area contributed by atoms with Gasteiger partial charge < -0.3 is 20.7 Å². The summed E-state index contributed by atoms with van der Waals surface area (Å²) in [7, 11) is 1.56. The predicted octanol–water partition coefficient (Wildman–Crippen LogP) is 7.27. The van der Waals surface area contributed by atoms with Gasteiger partial charge in [-0.3, -0.25) is 14.4 Å². The third kappa shape index (κ3) is 8.73. The lowest BCUT2D eigenvalue weighted by atomic mass is 10.1. The van der Waals surface area contributed by atoms with Crippen molar-refractivity contribution in [3.8, 4) is 5.75 Å². The molecule has 0 saturated carbocycles. The van der Waals surface area contributed by atoms with E-state index < -0.39 is 11.8 Å². The van der Waals surface area contributed by atoms with Gasteiger partial charge >= 0.3 is 0 Å². The van der Waals surface area contributed by atoms with Crippen molar-refractivity contribution in [1.82, 2.24) is 5.32 Å². The number of carbonyl (C=O) groups excluding carboxylic acids is 3. The van der Waals surface area contributed by atoms with E-state index in [4.69, 9.17) is 16.3 Å². The minimum absolute atomic E-state index is 0.0579. The van der Waals surface area contributed by atoms with Gasteiger partial charge in [-0.1, -0.05) is 61.0 Å². The standard InChI is InChI=1S/C33H30ClN3O4S/c1-3-30(33(40)36-25-14-8-13-24(34)20-25)42-28-17-9-15-26(21-28)35-32(39)29(19-22-10-7-16-27(18-22)41-2)37-31(38)23-11-5-4-6-12-23/h4-21,30H,3H2,1-2H3,(H,35,39)(H,36,40)(H,37,38)/b29-19-. The van der Waals surface area contributed by atoms with Crippen molar-refractivity contribution in [2.75, 3.05) is 17.7 Å². The zero-order valence-corrected chi connectivity index (χ0v) is 24.7. The lowest BCUT2D eigenvalue weighted by Crippen LogP contribution is -2.30. The van der Waals surface area contributed by atoms with Crippen molar-refractivity contribution < 1.29 is 19.1 Å². The van der Waals surface area contributed by atoms with Crippen LogP contribution < -0.4 is 20.7 Å². The van der Waals surface area contributed by atoms with Crippen LogP contribution in [0.2, 0.25) is 5.02 Å². The largest absolute Gasteiger partial charge is 0.497 e. The van der Waals surface area contributed by atoms with Crippen molar-refractivity contribution >= 4 is 58.5 Å². The Labute approximate surface area is 254 Å². The van der Waals surface area contributed by atoms with E-state index in [-0.39, 0.29) is 16.9 Å². The van der Waals surface area contributed by atoms with Crippen LogP contribution >= 0.6 is 23.4 Å². The van der Waals surface area contributed by atoms with Gasteiger partial charge in [0.2, 0.25) is 5.91 Å². The number of hydrogen-bond acceptors (Lipinski definition) is 5. The first kappa shape index (κ1) is 30.4. The topological polar surface area (TPSA) is 96.5 Å². The first-order valence-electron chi connectivity index (χ1n) is 13.2. The van der Waals surface area contributed by atoms with Crippen LogP contribution in [0.3, 0.4) is 0 Å². The van der Waals surface area contributed by atoms with Gasteiger partial charge in [-0.05, 0) is 78.7 Å². The Morgan fingerprint density at radius 1 is 0.857 bits per heavy atom. The Balaban J connectivity index is 1.51. The molecule has 42 heavy (non-hydrogen) atoms. The molecule has 0 aliphatic heterocycles. The van der Waals surface area contributed by atoms with Gasteiger partial charge in [0.15, 0.2) is 0 Å². The summed E-state index contributed by atoms with van der Waals surface area (Å²) >= 11 is 7.44. The fourth-order valence-electron chi connectivity index (χ4n) is 3.96. The molecule has 3 amide bonds. The quantitative estimate of drug-likeness (QED) is 0.124. The summed E-state index contributed by atoms with van der Waals surface area (Å²) in [5, 5.41) is 8.69. The Morgan fingerprint density at radius 2 is 1.57 bits per heavy atom. The minimum Gasteiger partial charge on any atom is -0.497 e. The molecule has 0 radical (unpaired) electrons. The van der Waals surface area contributed by atoms with Gasteiger partial charge in [-0.2, -0.15) is 0 Å². The van der Waals surface area contributed by atoms with E-state index in [1.165, 1.54) is 11.8 Å². The van der Waals surface area contributed by atoms with Gasteiger partial charge in [-0.15, -0.1) is 11.8 Å². The lowest BCUT2D eigenvalue weighted by molar-refractivity contribution is -0.116. The molecule has 9 heteroatoms. The maximum absolute atomic E-state index is 13.5. The smallest absolute Gasteiger partial charge is 0.272 e. The molecule has 7 nitrogen and oxygen atoms in total. The molecule has 0 spiro atoms. The van der Waals surface area contributed by atoms with Gasteiger partial charge in [-0.25, -0.2) is 0 Å². The molecule has 0 aliphatic rings. The number of ether oxygens (including phenoxy) is 1. The molecule has 0 aromatic heterocycles. The Bertz CT molecular complexity index is 1590. The number of amides is 3. The second-order valence-corrected chi connectivity index (χ2v) is 10.9. The molecule has 0 saturated heterocycles. The van der Waals surface area contributed by atoms with E-state index in [0.29, 0.717) is 39.7 Å². The van der Waals surface area contributed by atoms with Gasteiger partial charge in [0.1, 0.15) is 11.4 Å². The number of carbonyl (C=O) groups is 3. The van der Waals surface area contributed by atoms with Gasteiger partial charge in [0, 0.05) is 26.9 Å². The van der Waals surface area contributed by atoms with E-state index in [1.54, 1.807) is 104 Å². The molecular weight excluding hydrogens is 570 g/mol. The second-order valence-electron chi connectivity index (χ2n) is 9.15. The molecule has 214 valence electrons. The van der Waals surface area contributed by atoms with Crippen LogP contribution in [0, 0.1) is 0 Å². The van der Waals surface area contributed by atoms with E-state index in [0.717, 1.165) is 4.90 Å². The highest BCUT2D eigenvalue weighted by Gasteiger charge is 2.19. The van der Waals surface area contributed by atoms with Crippen molar-refractivity contribution in [1.29, 1.82) is 0 Å². The molecular formula is C33H30ClN3O4S. The van der Waals surface area contributed by atoms with E-state index in [2.05, 4.69) is 16.0 Å². The molecule has 4 rings (SSSR count). The van der Waals surface area contributed by atoms with Crippen LogP contribution in [0.15, 0.2) is 114 Å². The SMILES string of the molecule is CCC(Sc1cccc(NC(=O)/C(=C/c2cccc(OC)c2)NC(=O)c2ccccc2)c1)C(=O)Nc1cccc(Cl)c1. The molecule has 0 fully saturated rings. The summed E-state index contributed by atoms with van der Waals surface area (Å²) < 4.78 is 5.30. The van der Waals surface area contributed by atoms with E-state index in [1.807, 2.05) is 19.1 Å². The maximum atomic E-state index is 13.5. The Morgan fingerprint density at radius 3 is 2.29 bits per heavy atom. The zero-order valence-electron chi connectivity index (χ0n) is 23.1. The van der Waals surface area contributed by atoms with Crippen molar-refractivity contribution in [2.24, 2.45) is 0 Å². The average Bonchev–Trinajstić information content (AvgIpc) is 3.00. The normalized spacial score (nSPS) is 11.7. The van der Waals surface area contributed by atoms with Crippen molar-refractivity contribution in [3.05, 3.63) is 125 Å². The summed E-state index contributed by atoms with van der Waals surface area (Å²) in [6.45, 7) is 1.94. The Hall–Kier alpha value is -4.53. The fraction of sp³-hybridized carbons (Fsp3) is 0.121. The monoisotopic (exact) mass is 599 g/mol. The number of rotatable bonds is 11. The summed E-state index contributed by atoms with van der Waals surface area (Å²) in [4.78, 5) is 40.1. The van der Waals surface area contributed by atoms with Gasteiger partial charge in [0.05, 0.1) is 12.4 Å². The summed E-state index contributed by atoms with van der Waals surface area (Å²) in [5.74, 6) is -0.450. The van der Waals surface area contributed by atoms with Crippen LogP contribution in [0.25, 0.3) is 6.08 Å². The van der Waals surface area contributed by atoms with Crippen molar-refractivity contribution in [3.63, 3.8) is 0 Å².